The van der Waals surface area contributed by atoms with Crippen molar-refractivity contribution < 1.29 is 13.3 Å². The lowest BCUT2D eigenvalue weighted by atomic mass is 10.0. The average Bonchev–Trinajstić information content (AvgIpc) is 2.73. The van der Waals surface area contributed by atoms with Gasteiger partial charge in [0.05, 0.1) is 4.92 Å². The number of rotatable bonds is 4. The van der Waals surface area contributed by atoms with E-state index in [1.165, 1.54) is 12.1 Å². The maximum atomic E-state index is 12.5. The zero-order chi connectivity index (χ0) is 15.0. The number of hydrogen-bond donors (Lipinski definition) is 2. The number of aryl methyl sites for hydroxylation is 1. The van der Waals surface area contributed by atoms with Crippen LogP contribution in [0.3, 0.4) is 0 Å². The lowest BCUT2D eigenvalue weighted by molar-refractivity contribution is -0.387. The van der Waals surface area contributed by atoms with Crippen LogP contribution >= 0.6 is 0 Å². The summed E-state index contributed by atoms with van der Waals surface area (Å²) < 4.78 is 27.6. The van der Waals surface area contributed by atoms with Crippen molar-refractivity contribution in [1.82, 2.24) is 10.0 Å². The molecule has 1 atom stereocenters. The first kappa shape index (κ1) is 14.9. The number of hydrogen-bond acceptors (Lipinski definition) is 5. The number of sulfonamides is 1. The largest absolute Gasteiger partial charge is 0.315 e. The fourth-order valence-electron chi connectivity index (χ4n) is 2.41. The summed E-state index contributed by atoms with van der Waals surface area (Å²) >= 11 is 0. The Morgan fingerprint density at radius 2 is 2.15 bits per heavy atom. The Morgan fingerprint density at radius 1 is 1.45 bits per heavy atom. The van der Waals surface area contributed by atoms with Gasteiger partial charge in [-0.2, -0.15) is 0 Å². The van der Waals surface area contributed by atoms with Crippen LogP contribution in [0.2, 0.25) is 0 Å². The van der Waals surface area contributed by atoms with Crippen LogP contribution in [-0.4, -0.2) is 32.0 Å². The van der Waals surface area contributed by atoms with Gasteiger partial charge in [0, 0.05) is 18.2 Å². The summed E-state index contributed by atoms with van der Waals surface area (Å²) in [4.78, 5) is 10.1. The van der Waals surface area contributed by atoms with E-state index in [-0.39, 0.29) is 4.90 Å². The molecule has 20 heavy (non-hydrogen) atoms. The van der Waals surface area contributed by atoms with E-state index in [9.17, 15) is 18.5 Å². The fraction of sp³-hybridized carbons (Fsp3) is 0.500. The third-order valence-electron chi connectivity index (χ3n) is 3.41. The molecule has 1 aliphatic heterocycles. The number of benzene rings is 1. The highest BCUT2D eigenvalue weighted by molar-refractivity contribution is 7.89. The molecule has 0 bridgehead atoms. The molecule has 0 amide bonds. The highest BCUT2D eigenvalue weighted by atomic mass is 32.2. The highest BCUT2D eigenvalue weighted by Crippen LogP contribution is 2.28. The van der Waals surface area contributed by atoms with Crippen LogP contribution in [0.4, 0.5) is 5.69 Å². The van der Waals surface area contributed by atoms with Crippen molar-refractivity contribution in [3.8, 4) is 0 Å². The Morgan fingerprint density at radius 3 is 2.70 bits per heavy atom. The molecule has 1 unspecified atom stereocenters. The van der Waals surface area contributed by atoms with Gasteiger partial charge in [-0.3, -0.25) is 10.1 Å². The molecule has 1 aromatic carbocycles. The molecule has 1 fully saturated rings. The number of nitro groups is 1. The van der Waals surface area contributed by atoms with Crippen LogP contribution in [0.25, 0.3) is 0 Å². The molecule has 0 aliphatic carbocycles. The minimum atomic E-state index is -3.94. The van der Waals surface area contributed by atoms with Crippen LogP contribution in [-0.2, 0) is 10.0 Å². The van der Waals surface area contributed by atoms with Gasteiger partial charge in [-0.05, 0) is 32.4 Å². The third kappa shape index (κ3) is 2.82. The Labute approximate surface area is 117 Å². The Kier molecular flexibility index (Phi) is 3.81. The van der Waals surface area contributed by atoms with E-state index >= 15 is 0 Å². The topological polar surface area (TPSA) is 101 Å². The molecule has 1 saturated heterocycles. The molecular weight excluding hydrogens is 282 g/mol. The predicted molar refractivity (Wildman–Crippen MR) is 74.0 cm³/mol. The molecule has 0 aromatic heterocycles. The van der Waals surface area contributed by atoms with E-state index in [0.717, 1.165) is 6.54 Å². The zero-order valence-corrected chi connectivity index (χ0v) is 12.2. The SMILES string of the molecule is Cc1cccc([N+](=O)[O-])c1S(=O)(=O)NC1(C)CCNC1. The van der Waals surface area contributed by atoms with Gasteiger partial charge in [-0.15, -0.1) is 0 Å². The van der Waals surface area contributed by atoms with Gasteiger partial charge in [-0.1, -0.05) is 12.1 Å². The Hall–Kier alpha value is -1.51. The van der Waals surface area contributed by atoms with Crippen molar-refractivity contribution in [2.24, 2.45) is 0 Å². The Bertz CT molecular complexity index is 636. The highest BCUT2D eigenvalue weighted by Gasteiger charge is 2.37. The van der Waals surface area contributed by atoms with E-state index in [1.54, 1.807) is 19.9 Å². The van der Waals surface area contributed by atoms with Crippen LogP contribution in [0, 0.1) is 17.0 Å². The van der Waals surface area contributed by atoms with Crippen molar-refractivity contribution in [3.05, 3.63) is 33.9 Å². The summed E-state index contributed by atoms with van der Waals surface area (Å²) in [5.41, 5.74) is -0.650. The maximum absolute atomic E-state index is 12.5. The van der Waals surface area contributed by atoms with Crippen LogP contribution in [0.5, 0.6) is 0 Å². The van der Waals surface area contributed by atoms with Crippen molar-refractivity contribution >= 4 is 15.7 Å². The summed E-state index contributed by atoms with van der Waals surface area (Å²) in [6.45, 7) is 4.56. The normalized spacial score (nSPS) is 22.9. The van der Waals surface area contributed by atoms with Crippen LogP contribution < -0.4 is 10.0 Å². The maximum Gasteiger partial charge on any atom is 0.289 e. The third-order valence-corrected chi connectivity index (χ3v) is 5.24. The smallest absolute Gasteiger partial charge is 0.289 e. The number of nitrogens with one attached hydrogen (secondary N) is 2. The van der Waals surface area contributed by atoms with Gasteiger partial charge in [0.2, 0.25) is 10.0 Å². The Balaban J connectivity index is 2.47. The van der Waals surface area contributed by atoms with Crippen LogP contribution in [0.15, 0.2) is 23.1 Å². The molecule has 0 spiro atoms. The predicted octanol–water partition coefficient (Wildman–Crippen LogP) is 0.934. The second-order valence-electron chi connectivity index (χ2n) is 5.27. The van der Waals surface area contributed by atoms with Crippen molar-refractivity contribution in [3.63, 3.8) is 0 Å². The zero-order valence-electron chi connectivity index (χ0n) is 11.3. The minimum absolute atomic E-state index is 0.252. The first-order valence-electron chi connectivity index (χ1n) is 6.24. The van der Waals surface area contributed by atoms with Gasteiger partial charge >= 0.3 is 0 Å². The van der Waals surface area contributed by atoms with E-state index in [4.69, 9.17) is 0 Å². The lowest BCUT2D eigenvalue weighted by Crippen LogP contribution is -2.47. The second kappa shape index (κ2) is 5.12. The van der Waals surface area contributed by atoms with Gasteiger partial charge in [0.25, 0.3) is 5.69 Å². The summed E-state index contributed by atoms with van der Waals surface area (Å²) in [6, 6.07) is 4.24. The summed E-state index contributed by atoms with van der Waals surface area (Å²) in [6.07, 6.45) is 0.645. The number of nitro benzene ring substituents is 1. The summed E-state index contributed by atoms with van der Waals surface area (Å²) in [7, 11) is -3.94. The monoisotopic (exact) mass is 299 g/mol. The standard InChI is InChI=1S/C12H17N3O4S/c1-9-4-3-5-10(15(16)17)11(9)20(18,19)14-12(2)6-7-13-8-12/h3-5,13-14H,6-8H2,1-2H3. The summed E-state index contributed by atoms with van der Waals surface area (Å²) in [5, 5.41) is 14.1. The van der Waals surface area contributed by atoms with Crippen molar-refractivity contribution in [2.45, 2.75) is 30.7 Å². The van der Waals surface area contributed by atoms with Crippen molar-refractivity contribution in [1.29, 1.82) is 0 Å². The molecule has 8 heteroatoms. The molecule has 0 radical (unpaired) electrons. The van der Waals surface area contributed by atoms with E-state index in [2.05, 4.69) is 10.0 Å². The van der Waals surface area contributed by atoms with E-state index in [1.807, 2.05) is 0 Å². The van der Waals surface area contributed by atoms with Gasteiger partial charge < -0.3 is 5.32 Å². The molecule has 7 nitrogen and oxygen atoms in total. The van der Waals surface area contributed by atoms with E-state index in [0.29, 0.717) is 18.5 Å². The average molecular weight is 299 g/mol. The molecule has 2 N–H and O–H groups in total. The molecule has 1 aromatic rings. The van der Waals surface area contributed by atoms with Crippen LogP contribution in [0.1, 0.15) is 18.9 Å². The quantitative estimate of drug-likeness (QED) is 0.636. The first-order valence-corrected chi connectivity index (χ1v) is 7.72. The number of nitrogens with zero attached hydrogens (tertiary/aromatic N) is 1. The second-order valence-corrected chi connectivity index (χ2v) is 6.89. The van der Waals surface area contributed by atoms with Gasteiger partial charge in [-0.25, -0.2) is 13.1 Å². The molecule has 110 valence electrons. The first-order chi connectivity index (χ1) is 9.25. The molecule has 1 aliphatic rings. The van der Waals surface area contributed by atoms with Gasteiger partial charge in [0.15, 0.2) is 4.90 Å². The molecular formula is C12H17N3O4S. The minimum Gasteiger partial charge on any atom is -0.315 e. The molecule has 2 rings (SSSR count). The summed E-state index contributed by atoms with van der Waals surface area (Å²) in [5.74, 6) is 0. The molecule has 0 saturated carbocycles. The lowest BCUT2D eigenvalue weighted by Gasteiger charge is -2.24. The molecule has 1 heterocycles. The van der Waals surface area contributed by atoms with Gasteiger partial charge in [0.1, 0.15) is 0 Å². The van der Waals surface area contributed by atoms with E-state index < -0.39 is 26.2 Å². The van der Waals surface area contributed by atoms with Crippen molar-refractivity contribution in [2.75, 3.05) is 13.1 Å². The fourth-order valence-corrected chi connectivity index (χ4v) is 4.24.